The largest absolute Gasteiger partial charge is 0.468 e. The van der Waals surface area contributed by atoms with E-state index in [1.165, 1.54) is 7.11 Å². The third-order valence-corrected chi connectivity index (χ3v) is 6.71. The molecule has 0 amide bonds. The highest BCUT2D eigenvalue weighted by molar-refractivity contribution is 6.03. The molecule has 6 nitrogen and oxygen atoms in total. The molecular weight excluding hydrogens is 356 g/mol. The summed E-state index contributed by atoms with van der Waals surface area (Å²) >= 11 is 0. The highest BCUT2D eigenvalue weighted by atomic mass is 16.5. The number of likely N-dealkylation sites (N-methyl/N-ethyl adjacent to an activating group) is 1. The number of Topliss-reactive ketones (excluding diaryl/α,β-unsaturated/α-hetero) is 1. The highest BCUT2D eigenvalue weighted by Gasteiger charge is 2.58. The van der Waals surface area contributed by atoms with E-state index < -0.39 is 11.4 Å². The van der Waals surface area contributed by atoms with Gasteiger partial charge in [-0.1, -0.05) is 29.8 Å². The number of likely N-dealkylation sites (tertiary alicyclic amines) is 1. The number of carbonyl (C=O) groups is 2. The number of nitrogens with one attached hydrogen (secondary N) is 1. The Morgan fingerprint density at radius 2 is 2.14 bits per heavy atom. The van der Waals surface area contributed by atoms with Crippen molar-refractivity contribution < 1.29 is 19.4 Å². The van der Waals surface area contributed by atoms with E-state index in [1.54, 1.807) is 0 Å². The molecule has 1 aromatic carbocycles. The fraction of sp³-hybridized carbons (Fsp3) is 0.455. The van der Waals surface area contributed by atoms with Gasteiger partial charge in [-0.15, -0.1) is 0 Å². The lowest BCUT2D eigenvalue weighted by molar-refractivity contribution is -0.168. The Hall–Kier alpha value is -2.44. The Morgan fingerprint density at radius 3 is 2.82 bits per heavy atom. The molecule has 0 spiro atoms. The number of aliphatic hydroxyl groups excluding tert-OH is 1. The van der Waals surface area contributed by atoms with Gasteiger partial charge in [-0.25, -0.2) is 0 Å². The minimum Gasteiger partial charge on any atom is -0.468 e. The van der Waals surface area contributed by atoms with Crippen LogP contribution in [0.2, 0.25) is 0 Å². The minimum absolute atomic E-state index is 0.0275. The molecule has 2 N–H and O–H groups in total. The summed E-state index contributed by atoms with van der Waals surface area (Å²) in [5.41, 5.74) is 2.28. The number of methoxy groups -OCH3 is 1. The monoisotopic (exact) mass is 382 g/mol. The zero-order valence-corrected chi connectivity index (χ0v) is 16.5. The van der Waals surface area contributed by atoms with Crippen molar-refractivity contribution in [3.8, 4) is 0 Å². The molecule has 1 aliphatic carbocycles. The second-order valence-electron chi connectivity index (χ2n) is 7.89. The Morgan fingerprint density at radius 1 is 1.39 bits per heavy atom. The van der Waals surface area contributed by atoms with Crippen LogP contribution >= 0.6 is 0 Å². The number of piperidine rings is 1. The number of H-pyrrole nitrogens is 1. The van der Waals surface area contributed by atoms with Crippen LogP contribution in [-0.4, -0.2) is 60.1 Å². The number of benzene rings is 1. The standard InChI is InChI=1S/C22H26N2O4/c1-4-13-11-24(2)19-9-15-14-7-5-6-8-17(14)23-20(15)18(26)10-16(13)22(19,12-25)21(27)28-3/h4-8,16,19,23,25H,9-12H2,1-3H3/t16-,19-,22+/m0/s1. The van der Waals surface area contributed by atoms with Crippen molar-refractivity contribution in [2.24, 2.45) is 11.3 Å². The van der Waals surface area contributed by atoms with Crippen LogP contribution < -0.4 is 0 Å². The third kappa shape index (κ3) is 2.48. The van der Waals surface area contributed by atoms with Crippen molar-refractivity contribution >= 4 is 22.7 Å². The van der Waals surface area contributed by atoms with Crippen molar-refractivity contribution in [1.82, 2.24) is 9.88 Å². The predicted octanol–water partition coefficient (Wildman–Crippen LogP) is 2.33. The number of aromatic nitrogens is 1. The van der Waals surface area contributed by atoms with Crippen molar-refractivity contribution in [1.29, 1.82) is 0 Å². The first-order chi connectivity index (χ1) is 13.5. The van der Waals surface area contributed by atoms with Crippen LogP contribution in [0, 0.1) is 11.3 Å². The average molecular weight is 382 g/mol. The molecular formula is C22H26N2O4. The van der Waals surface area contributed by atoms with Crippen LogP contribution in [0.15, 0.2) is 35.9 Å². The van der Waals surface area contributed by atoms with Crippen molar-refractivity contribution in [2.75, 3.05) is 27.3 Å². The predicted molar refractivity (Wildman–Crippen MR) is 106 cm³/mol. The van der Waals surface area contributed by atoms with Crippen LogP contribution in [0.4, 0.5) is 0 Å². The molecule has 0 unspecified atom stereocenters. The number of fused-ring (bicyclic) bond motifs is 5. The molecule has 0 saturated carbocycles. The van der Waals surface area contributed by atoms with Gasteiger partial charge in [-0.3, -0.25) is 14.5 Å². The number of rotatable bonds is 2. The summed E-state index contributed by atoms with van der Waals surface area (Å²) in [5.74, 6) is -0.865. The first-order valence-electron chi connectivity index (χ1n) is 9.65. The van der Waals surface area contributed by atoms with Gasteiger partial charge in [0.05, 0.1) is 19.4 Å². The Kier molecular flexibility index (Phi) is 4.63. The van der Waals surface area contributed by atoms with Gasteiger partial charge in [0.2, 0.25) is 0 Å². The van der Waals surface area contributed by atoms with E-state index in [-0.39, 0.29) is 30.8 Å². The van der Waals surface area contributed by atoms with E-state index in [1.807, 2.05) is 44.3 Å². The van der Waals surface area contributed by atoms with Gasteiger partial charge in [0.1, 0.15) is 5.41 Å². The molecule has 1 aliphatic heterocycles. The van der Waals surface area contributed by atoms with Crippen molar-refractivity contribution in [3.05, 3.63) is 47.2 Å². The Bertz CT molecular complexity index is 976. The SMILES string of the molecule is CC=C1CN(C)[C@H]2Cc3c([nH]c4ccccc34)C(=O)C[C@@H]1[C@@]2(CO)C(=O)OC. The molecule has 2 aromatic rings. The smallest absolute Gasteiger partial charge is 0.316 e. The quantitative estimate of drug-likeness (QED) is 0.615. The maximum absolute atomic E-state index is 13.3. The van der Waals surface area contributed by atoms with Gasteiger partial charge in [0.15, 0.2) is 5.78 Å². The van der Waals surface area contributed by atoms with E-state index in [4.69, 9.17) is 4.74 Å². The summed E-state index contributed by atoms with van der Waals surface area (Å²) < 4.78 is 5.18. The van der Waals surface area contributed by atoms with Gasteiger partial charge in [-0.05, 0) is 32.0 Å². The number of ketones is 1. The molecule has 2 heterocycles. The van der Waals surface area contributed by atoms with Gasteiger partial charge < -0.3 is 14.8 Å². The Balaban J connectivity index is 1.99. The number of para-hydroxylation sites is 1. The Labute approximate surface area is 164 Å². The molecule has 0 radical (unpaired) electrons. The topological polar surface area (TPSA) is 82.6 Å². The number of nitrogens with zero attached hydrogens (tertiary/aromatic N) is 1. The fourth-order valence-corrected chi connectivity index (χ4v) is 5.29. The first kappa shape index (κ1) is 18.9. The number of ether oxygens (including phenoxy) is 1. The number of allylic oxidation sites excluding steroid dienone is 1. The molecule has 6 heteroatoms. The normalized spacial score (nSPS) is 29.4. The fourth-order valence-electron chi connectivity index (χ4n) is 5.29. The molecule has 3 atom stereocenters. The number of aliphatic hydroxyl groups is 1. The van der Waals surface area contributed by atoms with Gasteiger partial charge in [-0.2, -0.15) is 0 Å². The zero-order valence-electron chi connectivity index (χ0n) is 16.5. The van der Waals surface area contributed by atoms with Gasteiger partial charge >= 0.3 is 5.97 Å². The van der Waals surface area contributed by atoms with Gasteiger partial charge in [0, 0.05) is 35.8 Å². The lowest BCUT2D eigenvalue weighted by Gasteiger charge is -2.52. The molecule has 28 heavy (non-hydrogen) atoms. The second-order valence-corrected chi connectivity index (χ2v) is 7.89. The lowest BCUT2D eigenvalue weighted by Crippen LogP contribution is -2.63. The zero-order chi connectivity index (χ0) is 20.1. The number of carbonyl (C=O) groups excluding carboxylic acids is 2. The number of hydrogen-bond acceptors (Lipinski definition) is 5. The highest BCUT2D eigenvalue weighted by Crippen LogP contribution is 2.49. The van der Waals surface area contributed by atoms with Crippen molar-refractivity contribution in [2.45, 2.75) is 25.8 Å². The number of aromatic amines is 1. The molecule has 4 rings (SSSR count). The van der Waals surface area contributed by atoms with E-state index in [0.717, 1.165) is 22.0 Å². The van der Waals surface area contributed by atoms with Crippen molar-refractivity contribution in [3.63, 3.8) is 0 Å². The summed E-state index contributed by atoms with van der Waals surface area (Å²) in [5, 5.41) is 11.5. The summed E-state index contributed by atoms with van der Waals surface area (Å²) in [6.07, 6.45) is 2.62. The van der Waals surface area contributed by atoms with Gasteiger partial charge in [0.25, 0.3) is 0 Å². The summed E-state index contributed by atoms with van der Waals surface area (Å²) in [7, 11) is 3.32. The number of esters is 1. The molecule has 2 aliphatic rings. The lowest BCUT2D eigenvalue weighted by atomic mass is 9.60. The summed E-state index contributed by atoms with van der Waals surface area (Å²) in [6.45, 7) is 2.22. The van der Waals surface area contributed by atoms with Crippen LogP contribution in [0.5, 0.6) is 0 Å². The van der Waals surface area contributed by atoms with E-state index in [2.05, 4.69) is 9.88 Å². The third-order valence-electron chi connectivity index (χ3n) is 6.71. The molecule has 1 aromatic heterocycles. The number of hydrogen-bond donors (Lipinski definition) is 2. The maximum Gasteiger partial charge on any atom is 0.316 e. The molecule has 1 fully saturated rings. The first-order valence-corrected chi connectivity index (χ1v) is 9.65. The summed E-state index contributed by atoms with van der Waals surface area (Å²) in [6, 6.07) is 7.57. The van der Waals surface area contributed by atoms with Crippen LogP contribution in [0.1, 0.15) is 29.4 Å². The molecule has 148 valence electrons. The minimum atomic E-state index is -1.17. The van der Waals surface area contributed by atoms with E-state index in [0.29, 0.717) is 18.7 Å². The van der Waals surface area contributed by atoms with Crippen LogP contribution in [-0.2, 0) is 16.0 Å². The molecule has 2 bridgehead atoms. The van der Waals surface area contributed by atoms with Crippen LogP contribution in [0.3, 0.4) is 0 Å². The second kappa shape index (κ2) is 6.87. The maximum atomic E-state index is 13.3. The average Bonchev–Trinajstić information content (AvgIpc) is 3.07. The van der Waals surface area contributed by atoms with E-state index >= 15 is 0 Å². The van der Waals surface area contributed by atoms with E-state index in [9.17, 15) is 14.7 Å². The van der Waals surface area contributed by atoms with Crippen LogP contribution in [0.25, 0.3) is 10.9 Å². The summed E-state index contributed by atoms with van der Waals surface area (Å²) in [4.78, 5) is 31.8. The molecule has 1 saturated heterocycles.